The van der Waals surface area contributed by atoms with Crippen LogP contribution in [0, 0.1) is 6.42 Å². The molecular weight excluding hydrogens is 132 g/mol. The second-order valence-corrected chi connectivity index (χ2v) is 2.88. The minimum Gasteiger partial charge on any atom is -0.0841 e. The normalized spacial score (nSPS) is 15.5. The maximum atomic E-state index is 2.28. The van der Waals surface area contributed by atoms with Gasteiger partial charge in [-0.05, 0) is 24.8 Å². The Bertz CT molecular complexity index is 257. The number of hydrogen-bond acceptors (Lipinski definition) is 0. The molecule has 1 aromatic rings. The number of rotatable bonds is 2. The molecule has 0 nitrogen and oxygen atoms in total. The average molecular weight is 143 g/mol. The third kappa shape index (κ3) is 1.51. The van der Waals surface area contributed by atoms with Crippen LogP contribution in [0.4, 0.5) is 0 Å². The topological polar surface area (TPSA) is 0 Å². The largest absolute Gasteiger partial charge is 0.0841 e. The molecule has 0 unspecified atom stereocenters. The Balaban J connectivity index is 2.07. The van der Waals surface area contributed by atoms with Gasteiger partial charge in [0.15, 0.2) is 0 Å². The molecule has 1 radical (unpaired) electrons. The van der Waals surface area contributed by atoms with Crippen molar-refractivity contribution < 1.29 is 0 Å². The monoisotopic (exact) mass is 143 g/mol. The first-order chi connectivity index (χ1) is 5.45. The summed E-state index contributed by atoms with van der Waals surface area (Å²) in [6.45, 7) is 0. The molecule has 0 fully saturated rings. The summed E-state index contributed by atoms with van der Waals surface area (Å²) < 4.78 is 0. The predicted molar refractivity (Wildman–Crippen MR) is 47.1 cm³/mol. The minimum absolute atomic E-state index is 1.11. The fourth-order valence-electron chi connectivity index (χ4n) is 1.26. The van der Waals surface area contributed by atoms with Gasteiger partial charge in [-0.2, -0.15) is 0 Å². The fourth-order valence-corrected chi connectivity index (χ4v) is 1.26. The maximum absolute atomic E-state index is 2.28. The molecule has 0 amide bonds. The number of benzene rings is 1. The highest BCUT2D eigenvalue weighted by molar-refractivity contribution is 5.31. The quantitative estimate of drug-likeness (QED) is 0.597. The van der Waals surface area contributed by atoms with E-state index in [2.05, 4.69) is 42.8 Å². The highest BCUT2D eigenvalue weighted by atomic mass is 14.1. The molecule has 0 N–H and O–H groups in total. The second-order valence-electron chi connectivity index (χ2n) is 2.88. The van der Waals surface area contributed by atoms with E-state index in [1.165, 1.54) is 17.6 Å². The molecule has 0 saturated heterocycles. The van der Waals surface area contributed by atoms with Crippen molar-refractivity contribution in [2.24, 2.45) is 0 Å². The zero-order chi connectivity index (χ0) is 7.52. The van der Waals surface area contributed by atoms with Crippen LogP contribution < -0.4 is 0 Å². The van der Waals surface area contributed by atoms with Crippen molar-refractivity contribution in [2.45, 2.75) is 12.8 Å². The third-order valence-corrected chi connectivity index (χ3v) is 2.01. The lowest BCUT2D eigenvalue weighted by Gasteiger charge is -2.13. The highest BCUT2D eigenvalue weighted by Crippen LogP contribution is 2.20. The van der Waals surface area contributed by atoms with Crippen molar-refractivity contribution in [3.05, 3.63) is 54.0 Å². The van der Waals surface area contributed by atoms with Gasteiger partial charge in [-0.3, -0.25) is 0 Å². The first kappa shape index (κ1) is 6.66. The van der Waals surface area contributed by atoms with Gasteiger partial charge in [0.2, 0.25) is 0 Å². The maximum Gasteiger partial charge on any atom is -0.00640 e. The molecule has 1 aliphatic rings. The second kappa shape index (κ2) is 2.91. The van der Waals surface area contributed by atoms with Crippen LogP contribution in [0.15, 0.2) is 42.0 Å². The Labute approximate surface area is 67.6 Å². The van der Waals surface area contributed by atoms with Gasteiger partial charge < -0.3 is 0 Å². The molecule has 0 saturated carbocycles. The Morgan fingerprint density at radius 3 is 2.36 bits per heavy atom. The highest BCUT2D eigenvalue weighted by Gasteiger charge is 2.05. The van der Waals surface area contributed by atoms with Gasteiger partial charge in [0, 0.05) is 0 Å². The molecule has 0 aliphatic heterocycles. The van der Waals surface area contributed by atoms with Gasteiger partial charge in [-0.1, -0.05) is 42.0 Å². The van der Waals surface area contributed by atoms with Crippen LogP contribution in [-0.2, 0) is 6.42 Å². The summed E-state index contributed by atoms with van der Waals surface area (Å²) in [4.78, 5) is 0. The fraction of sp³-hybridized carbons (Fsp3) is 0.182. The van der Waals surface area contributed by atoms with E-state index in [1.807, 2.05) is 0 Å². The van der Waals surface area contributed by atoms with Gasteiger partial charge in [-0.25, -0.2) is 0 Å². The lowest BCUT2D eigenvalue weighted by molar-refractivity contribution is 1.00. The zero-order valence-corrected chi connectivity index (χ0v) is 6.46. The molecule has 1 aromatic carbocycles. The van der Waals surface area contributed by atoms with Gasteiger partial charge >= 0.3 is 0 Å². The van der Waals surface area contributed by atoms with Crippen LogP contribution in [-0.4, -0.2) is 0 Å². The molecule has 11 heavy (non-hydrogen) atoms. The molecule has 0 bridgehead atoms. The lowest BCUT2D eigenvalue weighted by atomic mass is 9.93. The number of allylic oxidation sites excluding steroid dienone is 2. The van der Waals surface area contributed by atoms with E-state index in [0.29, 0.717) is 0 Å². The summed E-state index contributed by atoms with van der Waals surface area (Å²) in [6, 6.07) is 10.6. The van der Waals surface area contributed by atoms with Crippen LogP contribution in [0.2, 0.25) is 0 Å². The smallest absolute Gasteiger partial charge is 0.00640 e. The first-order valence-corrected chi connectivity index (χ1v) is 4.01. The Hall–Kier alpha value is -1.04. The first-order valence-electron chi connectivity index (χ1n) is 4.01. The molecule has 0 heteroatoms. The summed E-state index contributed by atoms with van der Waals surface area (Å²) in [5, 5.41) is 0. The molecule has 0 heterocycles. The molecular formula is C11H11. The van der Waals surface area contributed by atoms with Crippen LogP contribution in [0.3, 0.4) is 0 Å². The Kier molecular flexibility index (Phi) is 1.76. The van der Waals surface area contributed by atoms with Crippen molar-refractivity contribution in [1.29, 1.82) is 0 Å². The third-order valence-electron chi connectivity index (χ3n) is 2.01. The minimum atomic E-state index is 1.11. The molecule has 55 valence electrons. The van der Waals surface area contributed by atoms with E-state index in [-0.39, 0.29) is 0 Å². The van der Waals surface area contributed by atoms with E-state index in [9.17, 15) is 0 Å². The summed E-state index contributed by atoms with van der Waals surface area (Å²) in [5.41, 5.74) is 2.89. The van der Waals surface area contributed by atoms with Gasteiger partial charge in [-0.15, -0.1) is 0 Å². The summed E-state index contributed by atoms with van der Waals surface area (Å²) in [6.07, 6.45) is 6.85. The molecule has 2 rings (SSSR count). The summed E-state index contributed by atoms with van der Waals surface area (Å²) >= 11 is 0. The Morgan fingerprint density at radius 2 is 1.82 bits per heavy atom. The van der Waals surface area contributed by atoms with Gasteiger partial charge in [0.05, 0.1) is 0 Å². The van der Waals surface area contributed by atoms with Crippen LogP contribution >= 0.6 is 0 Å². The molecule has 0 spiro atoms. The van der Waals surface area contributed by atoms with Crippen molar-refractivity contribution in [2.75, 3.05) is 0 Å². The standard InChI is InChI=1S/C11H11/c1-2-5-10(6-3-1)9-11-7-4-8-11/h1-3,5-8H,4,9H2. The zero-order valence-electron chi connectivity index (χ0n) is 6.46. The van der Waals surface area contributed by atoms with Crippen LogP contribution in [0.5, 0.6) is 0 Å². The van der Waals surface area contributed by atoms with E-state index in [0.717, 1.165) is 6.42 Å². The van der Waals surface area contributed by atoms with Crippen LogP contribution in [0.25, 0.3) is 0 Å². The van der Waals surface area contributed by atoms with Crippen molar-refractivity contribution in [1.82, 2.24) is 0 Å². The van der Waals surface area contributed by atoms with E-state index < -0.39 is 0 Å². The predicted octanol–water partition coefficient (Wildman–Crippen LogP) is 2.76. The molecule has 1 aliphatic carbocycles. The Morgan fingerprint density at radius 1 is 1.09 bits per heavy atom. The van der Waals surface area contributed by atoms with E-state index >= 15 is 0 Å². The van der Waals surface area contributed by atoms with Crippen molar-refractivity contribution in [3.63, 3.8) is 0 Å². The van der Waals surface area contributed by atoms with E-state index in [1.54, 1.807) is 0 Å². The van der Waals surface area contributed by atoms with Crippen LogP contribution in [0.1, 0.15) is 12.0 Å². The SMILES string of the molecule is [CH]1CC=C1Cc1ccccc1. The van der Waals surface area contributed by atoms with Crippen molar-refractivity contribution >= 4 is 0 Å². The lowest BCUT2D eigenvalue weighted by Crippen LogP contribution is -1.98. The summed E-state index contributed by atoms with van der Waals surface area (Å²) in [5.74, 6) is 0. The van der Waals surface area contributed by atoms with E-state index in [4.69, 9.17) is 0 Å². The molecule has 0 aromatic heterocycles. The average Bonchev–Trinajstić information content (AvgIpc) is 1.99. The van der Waals surface area contributed by atoms with Crippen molar-refractivity contribution in [3.8, 4) is 0 Å². The number of hydrogen-bond donors (Lipinski definition) is 0. The van der Waals surface area contributed by atoms with Gasteiger partial charge in [0.25, 0.3) is 0 Å². The van der Waals surface area contributed by atoms with Gasteiger partial charge in [0.1, 0.15) is 0 Å². The summed E-state index contributed by atoms with van der Waals surface area (Å²) in [7, 11) is 0. The molecule has 0 atom stereocenters.